The Hall–Kier alpha value is -1.59. The number of methoxy groups -OCH3 is 1. The van der Waals surface area contributed by atoms with Crippen LogP contribution in [0.25, 0.3) is 0 Å². The smallest absolute Gasteiger partial charge is 0.332 e. The first kappa shape index (κ1) is 15.5. The lowest BCUT2D eigenvalue weighted by atomic mass is 10.2. The number of hydrogen-bond acceptors (Lipinski definition) is 5. The molecule has 0 spiro atoms. The Morgan fingerprint density at radius 2 is 1.95 bits per heavy atom. The van der Waals surface area contributed by atoms with Crippen LogP contribution in [0.4, 0.5) is 5.69 Å². The van der Waals surface area contributed by atoms with Gasteiger partial charge in [-0.15, -0.1) is 0 Å². The molecule has 0 bridgehead atoms. The molecule has 0 aliphatic carbocycles. The molecular formula is C14H22N2O3. The molecule has 106 valence electrons. The maximum Gasteiger partial charge on any atom is 0.332 e. The van der Waals surface area contributed by atoms with E-state index in [1.165, 1.54) is 18.4 Å². The molecule has 1 aromatic rings. The van der Waals surface area contributed by atoms with Gasteiger partial charge >= 0.3 is 5.97 Å². The van der Waals surface area contributed by atoms with Crippen LogP contribution in [-0.4, -0.2) is 46.9 Å². The molecule has 0 heterocycles. The quantitative estimate of drug-likeness (QED) is 0.562. The van der Waals surface area contributed by atoms with Crippen LogP contribution in [0.5, 0.6) is 0 Å². The standard InChI is InChI=1S/C14H22N2O3/c1-16(2)13-6-4-12(5-7-13)10-15-8-9-19-14(17)11-18-3/h4-7,15H,8-11H2,1-3H3. The monoisotopic (exact) mass is 266 g/mol. The van der Waals surface area contributed by atoms with Crippen molar-refractivity contribution in [3.8, 4) is 0 Å². The van der Waals surface area contributed by atoms with Crippen LogP contribution in [0.2, 0.25) is 0 Å². The van der Waals surface area contributed by atoms with E-state index in [2.05, 4.69) is 39.2 Å². The minimum Gasteiger partial charge on any atom is -0.463 e. The lowest BCUT2D eigenvalue weighted by molar-refractivity contribution is -0.147. The molecule has 0 radical (unpaired) electrons. The summed E-state index contributed by atoms with van der Waals surface area (Å²) in [7, 11) is 5.50. The SMILES string of the molecule is COCC(=O)OCCNCc1ccc(N(C)C)cc1. The minimum atomic E-state index is -0.334. The van der Waals surface area contributed by atoms with Gasteiger partial charge in [0.25, 0.3) is 0 Å². The molecular weight excluding hydrogens is 244 g/mol. The molecule has 0 saturated heterocycles. The third-order valence-electron chi connectivity index (χ3n) is 2.59. The predicted octanol–water partition coefficient (Wildman–Crippen LogP) is 1.03. The van der Waals surface area contributed by atoms with E-state index in [1.54, 1.807) is 0 Å². The van der Waals surface area contributed by atoms with Crippen molar-refractivity contribution < 1.29 is 14.3 Å². The van der Waals surface area contributed by atoms with Gasteiger partial charge in [-0.1, -0.05) is 12.1 Å². The van der Waals surface area contributed by atoms with E-state index in [0.29, 0.717) is 13.2 Å². The summed E-state index contributed by atoms with van der Waals surface area (Å²) in [4.78, 5) is 13.1. The largest absolute Gasteiger partial charge is 0.463 e. The molecule has 1 N–H and O–H groups in total. The van der Waals surface area contributed by atoms with Gasteiger partial charge in [-0.05, 0) is 17.7 Å². The van der Waals surface area contributed by atoms with Gasteiger partial charge in [-0.25, -0.2) is 4.79 Å². The maximum absolute atomic E-state index is 11.0. The number of anilines is 1. The highest BCUT2D eigenvalue weighted by atomic mass is 16.6. The van der Waals surface area contributed by atoms with Gasteiger partial charge in [0.1, 0.15) is 13.2 Å². The van der Waals surface area contributed by atoms with E-state index in [9.17, 15) is 4.79 Å². The molecule has 1 aromatic carbocycles. The van der Waals surface area contributed by atoms with E-state index in [-0.39, 0.29) is 12.6 Å². The first-order chi connectivity index (χ1) is 9.13. The Bertz CT molecular complexity index is 377. The molecule has 1 rings (SSSR count). The number of nitrogens with one attached hydrogen (secondary N) is 1. The number of ether oxygens (including phenoxy) is 2. The third-order valence-corrected chi connectivity index (χ3v) is 2.59. The van der Waals surface area contributed by atoms with Gasteiger partial charge in [0.05, 0.1) is 0 Å². The van der Waals surface area contributed by atoms with Crippen molar-refractivity contribution in [3.05, 3.63) is 29.8 Å². The van der Waals surface area contributed by atoms with Crippen LogP contribution in [0.15, 0.2) is 24.3 Å². The van der Waals surface area contributed by atoms with Gasteiger partial charge in [0.2, 0.25) is 0 Å². The van der Waals surface area contributed by atoms with E-state index in [4.69, 9.17) is 4.74 Å². The number of hydrogen-bond donors (Lipinski definition) is 1. The number of benzene rings is 1. The molecule has 0 amide bonds. The fourth-order valence-electron chi connectivity index (χ4n) is 1.54. The zero-order valence-corrected chi connectivity index (χ0v) is 11.8. The summed E-state index contributed by atoms with van der Waals surface area (Å²) in [5.74, 6) is -0.334. The zero-order valence-electron chi connectivity index (χ0n) is 11.8. The summed E-state index contributed by atoms with van der Waals surface area (Å²) in [5, 5.41) is 3.22. The second-order valence-electron chi connectivity index (χ2n) is 4.39. The van der Waals surface area contributed by atoms with Crippen molar-refractivity contribution in [2.45, 2.75) is 6.54 Å². The van der Waals surface area contributed by atoms with Crippen LogP contribution < -0.4 is 10.2 Å². The Balaban J connectivity index is 2.17. The first-order valence-corrected chi connectivity index (χ1v) is 6.25. The number of nitrogens with zero attached hydrogens (tertiary/aromatic N) is 1. The lowest BCUT2D eigenvalue weighted by Gasteiger charge is -2.13. The van der Waals surface area contributed by atoms with Gasteiger partial charge < -0.3 is 19.7 Å². The van der Waals surface area contributed by atoms with Crippen molar-refractivity contribution in [1.82, 2.24) is 5.32 Å². The summed E-state index contributed by atoms with van der Waals surface area (Å²) in [6.45, 7) is 1.75. The molecule has 5 heteroatoms. The Morgan fingerprint density at radius 1 is 1.26 bits per heavy atom. The summed E-state index contributed by atoms with van der Waals surface area (Å²) >= 11 is 0. The molecule has 5 nitrogen and oxygen atoms in total. The van der Waals surface area contributed by atoms with Crippen molar-refractivity contribution in [3.63, 3.8) is 0 Å². The van der Waals surface area contributed by atoms with Crippen molar-refractivity contribution in [1.29, 1.82) is 0 Å². The van der Waals surface area contributed by atoms with E-state index in [1.807, 2.05) is 14.1 Å². The molecule has 0 unspecified atom stereocenters. The average molecular weight is 266 g/mol. The minimum absolute atomic E-state index is 0.00595. The summed E-state index contributed by atoms with van der Waals surface area (Å²) in [6, 6.07) is 8.32. The fraction of sp³-hybridized carbons (Fsp3) is 0.500. The molecule has 0 saturated carbocycles. The highest BCUT2D eigenvalue weighted by molar-refractivity contribution is 5.70. The van der Waals surface area contributed by atoms with Crippen LogP contribution in [-0.2, 0) is 20.8 Å². The van der Waals surface area contributed by atoms with E-state index < -0.39 is 0 Å². The highest BCUT2D eigenvalue weighted by Gasteiger charge is 2.00. The van der Waals surface area contributed by atoms with Crippen LogP contribution in [0.3, 0.4) is 0 Å². The predicted molar refractivity (Wildman–Crippen MR) is 75.3 cm³/mol. The Morgan fingerprint density at radius 3 is 2.53 bits per heavy atom. The zero-order chi connectivity index (χ0) is 14.1. The molecule has 0 atom stereocenters. The Kier molecular flexibility index (Phi) is 6.92. The Labute approximate surface area is 114 Å². The molecule has 0 aliphatic rings. The average Bonchev–Trinajstić information content (AvgIpc) is 2.39. The van der Waals surface area contributed by atoms with Crippen LogP contribution in [0.1, 0.15) is 5.56 Å². The lowest BCUT2D eigenvalue weighted by Crippen LogP contribution is -2.22. The number of esters is 1. The van der Waals surface area contributed by atoms with Gasteiger partial charge in [-0.2, -0.15) is 0 Å². The molecule has 19 heavy (non-hydrogen) atoms. The van der Waals surface area contributed by atoms with Crippen molar-refractivity contribution in [2.75, 3.05) is 45.9 Å². The molecule has 0 aliphatic heterocycles. The molecule has 0 fully saturated rings. The van der Waals surface area contributed by atoms with E-state index in [0.717, 1.165) is 6.54 Å². The van der Waals surface area contributed by atoms with Gasteiger partial charge in [-0.3, -0.25) is 0 Å². The second kappa shape index (κ2) is 8.50. The highest BCUT2D eigenvalue weighted by Crippen LogP contribution is 2.11. The summed E-state index contributed by atoms with van der Waals surface area (Å²) in [6.07, 6.45) is 0. The second-order valence-corrected chi connectivity index (χ2v) is 4.39. The number of carbonyl (C=O) groups excluding carboxylic acids is 1. The van der Waals surface area contributed by atoms with Crippen LogP contribution in [0, 0.1) is 0 Å². The number of rotatable bonds is 8. The van der Waals surface area contributed by atoms with Crippen molar-refractivity contribution in [2.24, 2.45) is 0 Å². The van der Waals surface area contributed by atoms with Gasteiger partial charge in [0.15, 0.2) is 0 Å². The van der Waals surface area contributed by atoms with Crippen molar-refractivity contribution >= 4 is 11.7 Å². The first-order valence-electron chi connectivity index (χ1n) is 6.25. The number of carbonyl (C=O) groups is 1. The van der Waals surface area contributed by atoms with E-state index >= 15 is 0 Å². The summed E-state index contributed by atoms with van der Waals surface area (Å²) in [5.41, 5.74) is 2.38. The topological polar surface area (TPSA) is 50.8 Å². The maximum atomic E-state index is 11.0. The molecule has 0 aromatic heterocycles. The normalized spacial score (nSPS) is 10.3. The van der Waals surface area contributed by atoms with Gasteiger partial charge in [0, 0.05) is 40.0 Å². The van der Waals surface area contributed by atoms with Crippen LogP contribution >= 0.6 is 0 Å². The fourth-order valence-corrected chi connectivity index (χ4v) is 1.54. The third kappa shape index (κ3) is 6.22. The summed E-state index contributed by atoms with van der Waals surface area (Å²) < 4.78 is 9.60.